The smallest absolute Gasteiger partial charge is 0.340 e. The zero-order valence-electron chi connectivity index (χ0n) is 17.4. The number of hydrogen-bond acceptors (Lipinski definition) is 3. The van der Waals surface area contributed by atoms with E-state index < -0.39 is 5.60 Å². The molecule has 0 bridgehead atoms. The lowest BCUT2D eigenvalue weighted by Crippen LogP contribution is -2.27. The molecule has 0 spiro atoms. The Morgan fingerprint density at radius 3 is 2.50 bits per heavy atom. The molecule has 1 aromatic heterocycles. The van der Waals surface area contributed by atoms with Crippen molar-refractivity contribution in [1.82, 2.24) is 0 Å². The Balaban J connectivity index is 2.14. The first-order valence-electron chi connectivity index (χ1n) is 10.2. The van der Waals surface area contributed by atoms with Gasteiger partial charge in [-0.05, 0) is 88.7 Å². The number of allylic oxidation sites excluding steroid dienone is 2. The van der Waals surface area contributed by atoms with Crippen LogP contribution in [0.15, 0.2) is 5.57 Å². The van der Waals surface area contributed by atoms with Gasteiger partial charge >= 0.3 is 5.97 Å². The van der Waals surface area contributed by atoms with E-state index in [9.17, 15) is 4.79 Å². The minimum atomic E-state index is -0.456. The lowest BCUT2D eigenvalue weighted by Gasteiger charge is -2.30. The normalized spacial score (nSPS) is 20.1. The van der Waals surface area contributed by atoms with Crippen molar-refractivity contribution in [2.75, 3.05) is 0 Å². The molecule has 0 amide bonds. The molecule has 0 radical (unpaired) electrons. The molecule has 3 heteroatoms. The van der Waals surface area contributed by atoms with Crippen molar-refractivity contribution in [3.8, 4) is 0 Å². The molecule has 2 aliphatic carbocycles. The highest BCUT2D eigenvalue weighted by Gasteiger charge is 2.35. The van der Waals surface area contributed by atoms with E-state index in [0.717, 1.165) is 31.2 Å². The first-order chi connectivity index (χ1) is 12.1. The van der Waals surface area contributed by atoms with Crippen LogP contribution >= 0.6 is 11.3 Å². The fraction of sp³-hybridized carbons (Fsp3) is 0.696. The fourth-order valence-corrected chi connectivity index (χ4v) is 5.74. The van der Waals surface area contributed by atoms with Crippen LogP contribution in [-0.4, -0.2) is 11.6 Å². The largest absolute Gasteiger partial charge is 0.456 e. The van der Waals surface area contributed by atoms with E-state index in [-0.39, 0.29) is 11.4 Å². The number of carbonyl (C=O) groups excluding carboxylic acids is 1. The number of rotatable bonds is 3. The Morgan fingerprint density at radius 2 is 1.85 bits per heavy atom. The van der Waals surface area contributed by atoms with Crippen LogP contribution < -0.4 is 0 Å². The standard InChI is InChI=1S/C23H34O2S/c1-7-15-10-8-9-11-16(15)20-19(21(24)25-22(2,3)4)17-14-23(5,6)13-12-18(17)26-20/h7-14H2,1-6H3. The van der Waals surface area contributed by atoms with Gasteiger partial charge in [0, 0.05) is 9.75 Å². The molecule has 0 saturated carbocycles. The highest BCUT2D eigenvalue weighted by atomic mass is 32.1. The van der Waals surface area contributed by atoms with Gasteiger partial charge in [0.1, 0.15) is 5.60 Å². The summed E-state index contributed by atoms with van der Waals surface area (Å²) in [6, 6.07) is 0. The summed E-state index contributed by atoms with van der Waals surface area (Å²) in [6.07, 6.45) is 9.20. The van der Waals surface area contributed by atoms with Gasteiger partial charge in [-0.1, -0.05) is 26.3 Å². The molecule has 3 rings (SSSR count). The van der Waals surface area contributed by atoms with E-state index in [4.69, 9.17) is 4.74 Å². The van der Waals surface area contributed by atoms with Crippen molar-refractivity contribution in [2.45, 2.75) is 98.5 Å². The SMILES string of the molecule is CCC1=C(c2sc3c(c2C(=O)OC(C)(C)C)CC(C)(C)CC3)CCCC1. The van der Waals surface area contributed by atoms with Gasteiger partial charge in [0.15, 0.2) is 0 Å². The second-order valence-corrected chi connectivity index (χ2v) is 10.8. The van der Waals surface area contributed by atoms with Gasteiger partial charge in [-0.3, -0.25) is 0 Å². The molecule has 0 aliphatic heterocycles. The van der Waals surface area contributed by atoms with Crippen LogP contribution in [0.5, 0.6) is 0 Å². The third-order valence-corrected chi connectivity index (χ3v) is 7.01. The molecule has 0 aromatic carbocycles. The van der Waals surface area contributed by atoms with Crippen molar-refractivity contribution < 1.29 is 9.53 Å². The van der Waals surface area contributed by atoms with Crippen molar-refractivity contribution in [1.29, 1.82) is 0 Å². The minimum Gasteiger partial charge on any atom is -0.456 e. The maximum absolute atomic E-state index is 13.2. The second-order valence-electron chi connectivity index (χ2n) is 9.69. The molecule has 0 saturated heterocycles. The second kappa shape index (κ2) is 7.14. The lowest BCUT2D eigenvalue weighted by molar-refractivity contribution is 0.00679. The van der Waals surface area contributed by atoms with Gasteiger partial charge < -0.3 is 4.74 Å². The van der Waals surface area contributed by atoms with Crippen molar-refractivity contribution >= 4 is 22.9 Å². The molecular formula is C23H34O2S. The minimum absolute atomic E-state index is 0.115. The Kier molecular flexibility index (Phi) is 5.40. The zero-order valence-corrected chi connectivity index (χ0v) is 18.2. The summed E-state index contributed by atoms with van der Waals surface area (Å²) < 4.78 is 5.86. The van der Waals surface area contributed by atoms with Crippen LogP contribution in [-0.2, 0) is 17.6 Å². The maximum atomic E-state index is 13.2. The monoisotopic (exact) mass is 374 g/mol. The lowest BCUT2D eigenvalue weighted by atomic mass is 9.75. The number of thiophene rings is 1. The first kappa shape index (κ1) is 19.7. The predicted molar refractivity (Wildman–Crippen MR) is 111 cm³/mol. The van der Waals surface area contributed by atoms with Crippen molar-refractivity contribution in [2.24, 2.45) is 5.41 Å². The number of esters is 1. The van der Waals surface area contributed by atoms with Gasteiger partial charge in [0.25, 0.3) is 0 Å². The molecule has 1 heterocycles. The molecule has 26 heavy (non-hydrogen) atoms. The first-order valence-corrected chi connectivity index (χ1v) is 11.0. The molecule has 0 atom stereocenters. The molecule has 0 fully saturated rings. The van der Waals surface area contributed by atoms with E-state index in [1.165, 1.54) is 46.6 Å². The average molecular weight is 375 g/mol. The van der Waals surface area contributed by atoms with Crippen LogP contribution in [0.2, 0.25) is 0 Å². The van der Waals surface area contributed by atoms with E-state index in [1.807, 2.05) is 32.1 Å². The molecule has 2 nitrogen and oxygen atoms in total. The summed E-state index contributed by atoms with van der Waals surface area (Å²) >= 11 is 1.88. The van der Waals surface area contributed by atoms with Gasteiger partial charge in [-0.25, -0.2) is 4.79 Å². The summed E-state index contributed by atoms with van der Waals surface area (Å²) in [4.78, 5) is 15.9. The van der Waals surface area contributed by atoms with Crippen LogP contribution in [0.4, 0.5) is 0 Å². The number of aryl methyl sites for hydroxylation is 1. The molecule has 0 unspecified atom stereocenters. The Morgan fingerprint density at radius 1 is 1.15 bits per heavy atom. The van der Waals surface area contributed by atoms with Crippen LogP contribution in [0.1, 0.15) is 106 Å². The zero-order chi connectivity index (χ0) is 19.1. The van der Waals surface area contributed by atoms with Crippen molar-refractivity contribution in [3.63, 3.8) is 0 Å². The summed E-state index contributed by atoms with van der Waals surface area (Å²) in [5.74, 6) is -0.115. The van der Waals surface area contributed by atoms with Crippen LogP contribution in [0.3, 0.4) is 0 Å². The summed E-state index contributed by atoms with van der Waals surface area (Å²) in [5.41, 5.74) is 4.99. The number of ether oxygens (including phenoxy) is 1. The van der Waals surface area contributed by atoms with Gasteiger partial charge in [-0.2, -0.15) is 0 Å². The molecule has 1 aromatic rings. The number of hydrogen-bond donors (Lipinski definition) is 0. The third-order valence-electron chi connectivity index (χ3n) is 5.66. The number of carbonyl (C=O) groups is 1. The Bertz CT molecular complexity index is 728. The van der Waals surface area contributed by atoms with Gasteiger partial charge in [0.05, 0.1) is 5.56 Å². The number of fused-ring (bicyclic) bond motifs is 1. The maximum Gasteiger partial charge on any atom is 0.340 e. The molecule has 0 N–H and O–H groups in total. The highest BCUT2D eigenvalue weighted by molar-refractivity contribution is 7.13. The summed E-state index contributed by atoms with van der Waals surface area (Å²) in [5, 5.41) is 0. The van der Waals surface area contributed by atoms with E-state index in [0.29, 0.717) is 0 Å². The highest BCUT2D eigenvalue weighted by Crippen LogP contribution is 2.47. The predicted octanol–water partition coefficient (Wildman–Crippen LogP) is 6.96. The molecule has 2 aliphatic rings. The topological polar surface area (TPSA) is 26.3 Å². The molecular weight excluding hydrogens is 340 g/mol. The summed E-state index contributed by atoms with van der Waals surface area (Å²) in [6.45, 7) is 12.8. The molecule has 144 valence electrons. The summed E-state index contributed by atoms with van der Waals surface area (Å²) in [7, 11) is 0. The Hall–Kier alpha value is -1.09. The fourth-order valence-electron chi connectivity index (χ4n) is 4.31. The van der Waals surface area contributed by atoms with Crippen LogP contribution in [0, 0.1) is 5.41 Å². The Labute approximate surface area is 163 Å². The van der Waals surface area contributed by atoms with Crippen LogP contribution in [0.25, 0.3) is 5.57 Å². The average Bonchev–Trinajstić information content (AvgIpc) is 2.90. The quantitative estimate of drug-likeness (QED) is 0.535. The van der Waals surface area contributed by atoms with E-state index in [1.54, 1.807) is 5.57 Å². The van der Waals surface area contributed by atoms with Gasteiger partial charge in [0.2, 0.25) is 0 Å². The van der Waals surface area contributed by atoms with E-state index >= 15 is 0 Å². The third kappa shape index (κ3) is 4.08. The van der Waals surface area contributed by atoms with E-state index in [2.05, 4.69) is 20.8 Å². The van der Waals surface area contributed by atoms with Crippen molar-refractivity contribution in [3.05, 3.63) is 26.5 Å². The van der Waals surface area contributed by atoms with Gasteiger partial charge in [-0.15, -0.1) is 11.3 Å².